The summed E-state index contributed by atoms with van der Waals surface area (Å²) in [6, 6.07) is 9.28. The third-order valence-corrected chi connectivity index (χ3v) is 5.74. The van der Waals surface area contributed by atoms with Gasteiger partial charge in [-0.15, -0.1) is 0 Å². The molecule has 1 aromatic rings. The molecular weight excluding hydrogens is 224 g/mol. The summed E-state index contributed by atoms with van der Waals surface area (Å²) in [7, 11) is 5.62. The number of rotatable bonds is 2. The fourth-order valence-corrected chi connectivity index (χ4v) is 2.93. The second-order valence-electron chi connectivity index (χ2n) is 5.37. The maximum Gasteiger partial charge on any atom is 0.0495 e. The van der Waals surface area contributed by atoms with Crippen LogP contribution in [0.5, 0.6) is 0 Å². The molecule has 1 aromatic carbocycles. The molecule has 1 aliphatic heterocycles. The van der Waals surface area contributed by atoms with Crippen molar-refractivity contribution < 1.29 is 0 Å². The molecule has 0 bridgehead atoms. The highest BCUT2D eigenvalue weighted by Gasteiger charge is 2.41. The molecular formula is C14H22N2Si. The standard InChI is InChI=1S/C14H22N2Si/c1-5-11-6-8-12(9-7-11)13-10-15(3)14(2,17)16(13)4/h5-9,13H,1,10H2,2-4,17H3. The Morgan fingerprint density at radius 2 is 1.94 bits per heavy atom. The van der Waals surface area contributed by atoms with E-state index in [9.17, 15) is 0 Å². The molecule has 0 N–H and O–H groups in total. The van der Waals surface area contributed by atoms with E-state index in [1.54, 1.807) is 0 Å². The van der Waals surface area contributed by atoms with Crippen molar-refractivity contribution in [2.45, 2.75) is 18.3 Å². The fraction of sp³-hybridized carbons (Fsp3) is 0.429. The van der Waals surface area contributed by atoms with Crippen molar-refractivity contribution in [1.82, 2.24) is 9.80 Å². The summed E-state index contributed by atoms with van der Waals surface area (Å²) in [5, 5.41) is 0.266. The van der Waals surface area contributed by atoms with Crippen molar-refractivity contribution in [3.63, 3.8) is 0 Å². The van der Waals surface area contributed by atoms with Crippen molar-refractivity contribution in [2.24, 2.45) is 0 Å². The van der Waals surface area contributed by atoms with Crippen LogP contribution < -0.4 is 0 Å². The average molecular weight is 246 g/mol. The van der Waals surface area contributed by atoms with E-state index >= 15 is 0 Å². The molecule has 2 nitrogen and oxygen atoms in total. The molecule has 0 saturated carbocycles. The van der Waals surface area contributed by atoms with Gasteiger partial charge in [-0.25, -0.2) is 0 Å². The molecule has 1 aliphatic rings. The third-order valence-electron chi connectivity index (χ3n) is 4.27. The highest BCUT2D eigenvalue weighted by Crippen LogP contribution is 2.34. The Hall–Kier alpha value is -0.903. The van der Waals surface area contributed by atoms with Crippen LogP contribution in [-0.4, -0.2) is 46.0 Å². The topological polar surface area (TPSA) is 6.48 Å². The molecule has 2 rings (SSSR count). The van der Waals surface area contributed by atoms with Crippen LogP contribution in [0.1, 0.15) is 24.1 Å². The summed E-state index contributed by atoms with van der Waals surface area (Å²) in [5.41, 5.74) is 2.60. The lowest BCUT2D eigenvalue weighted by Crippen LogP contribution is -2.48. The Bertz CT molecular complexity index is 411. The van der Waals surface area contributed by atoms with Crippen LogP contribution in [0, 0.1) is 0 Å². The van der Waals surface area contributed by atoms with E-state index in [2.05, 4.69) is 61.7 Å². The highest BCUT2D eigenvalue weighted by molar-refractivity contribution is 6.14. The van der Waals surface area contributed by atoms with Gasteiger partial charge in [-0.3, -0.25) is 9.80 Å². The van der Waals surface area contributed by atoms with E-state index in [4.69, 9.17) is 0 Å². The minimum atomic E-state index is 0.266. The van der Waals surface area contributed by atoms with Gasteiger partial charge in [-0.05, 0) is 32.1 Å². The molecule has 0 radical (unpaired) electrons. The second-order valence-corrected chi connectivity index (χ2v) is 7.27. The van der Waals surface area contributed by atoms with Gasteiger partial charge in [0.15, 0.2) is 0 Å². The largest absolute Gasteiger partial charge is 0.290 e. The van der Waals surface area contributed by atoms with E-state index in [0.717, 1.165) is 16.8 Å². The minimum absolute atomic E-state index is 0.266. The van der Waals surface area contributed by atoms with Gasteiger partial charge in [-0.1, -0.05) is 36.9 Å². The Kier molecular flexibility index (Phi) is 3.25. The van der Waals surface area contributed by atoms with Gasteiger partial charge in [0.2, 0.25) is 0 Å². The maximum absolute atomic E-state index is 3.80. The summed E-state index contributed by atoms with van der Waals surface area (Å²) < 4.78 is 0. The van der Waals surface area contributed by atoms with Crippen molar-refractivity contribution in [3.8, 4) is 0 Å². The Labute approximate surface area is 107 Å². The van der Waals surface area contributed by atoms with Crippen molar-refractivity contribution in [1.29, 1.82) is 0 Å². The predicted molar refractivity (Wildman–Crippen MR) is 78.0 cm³/mol. The third kappa shape index (κ3) is 2.10. The zero-order chi connectivity index (χ0) is 12.6. The highest BCUT2D eigenvalue weighted by atomic mass is 28.1. The normalized spacial score (nSPS) is 30.9. The van der Waals surface area contributed by atoms with Gasteiger partial charge in [0.25, 0.3) is 0 Å². The van der Waals surface area contributed by atoms with Crippen LogP contribution in [0.15, 0.2) is 30.8 Å². The van der Waals surface area contributed by atoms with E-state index in [1.807, 2.05) is 6.08 Å². The van der Waals surface area contributed by atoms with Gasteiger partial charge < -0.3 is 0 Å². The zero-order valence-corrected chi connectivity index (χ0v) is 13.3. The van der Waals surface area contributed by atoms with Crippen LogP contribution >= 0.6 is 0 Å². The smallest absolute Gasteiger partial charge is 0.0495 e. The number of likely N-dealkylation sites (N-methyl/N-ethyl adjacent to an activating group) is 2. The minimum Gasteiger partial charge on any atom is -0.290 e. The van der Waals surface area contributed by atoms with Gasteiger partial charge in [-0.2, -0.15) is 0 Å². The average Bonchev–Trinajstić information content (AvgIpc) is 2.53. The Balaban J connectivity index is 2.26. The molecule has 0 aliphatic carbocycles. The molecule has 0 aromatic heterocycles. The summed E-state index contributed by atoms with van der Waals surface area (Å²) in [4.78, 5) is 4.97. The first-order chi connectivity index (χ1) is 7.96. The zero-order valence-electron chi connectivity index (χ0n) is 11.3. The maximum atomic E-state index is 3.80. The molecule has 0 spiro atoms. The van der Waals surface area contributed by atoms with Gasteiger partial charge in [0.1, 0.15) is 0 Å². The quantitative estimate of drug-likeness (QED) is 0.726. The van der Waals surface area contributed by atoms with E-state index in [0.29, 0.717) is 6.04 Å². The summed E-state index contributed by atoms with van der Waals surface area (Å²) in [6.45, 7) is 7.24. The number of hydrogen-bond acceptors (Lipinski definition) is 2. The second kappa shape index (κ2) is 4.41. The Morgan fingerprint density at radius 3 is 2.35 bits per heavy atom. The summed E-state index contributed by atoms with van der Waals surface area (Å²) >= 11 is 0. The lowest BCUT2D eigenvalue weighted by atomic mass is 10.0. The van der Waals surface area contributed by atoms with Crippen molar-refractivity contribution in [2.75, 3.05) is 20.6 Å². The fourth-order valence-electron chi connectivity index (χ4n) is 2.44. The summed E-state index contributed by atoms with van der Waals surface area (Å²) in [6.07, 6.45) is 1.89. The SMILES string of the molecule is C=Cc1ccc(C2CN(C)C(C)([SiH3])N2C)cc1. The van der Waals surface area contributed by atoms with Crippen molar-refractivity contribution >= 4 is 16.3 Å². The van der Waals surface area contributed by atoms with Gasteiger partial charge in [0, 0.05) is 28.1 Å². The lowest BCUT2D eigenvalue weighted by molar-refractivity contribution is 0.143. The van der Waals surface area contributed by atoms with Crippen LogP contribution in [0.2, 0.25) is 0 Å². The van der Waals surface area contributed by atoms with Gasteiger partial charge in [0.05, 0.1) is 0 Å². The summed E-state index contributed by atoms with van der Waals surface area (Å²) in [5.74, 6) is 0. The molecule has 3 heteroatoms. The lowest BCUT2D eigenvalue weighted by Gasteiger charge is -2.35. The monoisotopic (exact) mass is 246 g/mol. The number of benzene rings is 1. The first-order valence-electron chi connectivity index (χ1n) is 6.13. The Morgan fingerprint density at radius 1 is 1.35 bits per heavy atom. The van der Waals surface area contributed by atoms with Gasteiger partial charge >= 0.3 is 0 Å². The molecule has 1 fully saturated rings. The number of hydrogen-bond donors (Lipinski definition) is 0. The van der Waals surface area contributed by atoms with Crippen LogP contribution in [0.25, 0.3) is 6.08 Å². The van der Waals surface area contributed by atoms with E-state index < -0.39 is 0 Å². The molecule has 0 amide bonds. The molecule has 2 atom stereocenters. The van der Waals surface area contributed by atoms with E-state index in [-0.39, 0.29) is 5.29 Å². The van der Waals surface area contributed by atoms with Crippen molar-refractivity contribution in [3.05, 3.63) is 42.0 Å². The first-order valence-corrected chi connectivity index (χ1v) is 7.13. The predicted octanol–water partition coefficient (Wildman–Crippen LogP) is 1.29. The van der Waals surface area contributed by atoms with Crippen LogP contribution in [0.3, 0.4) is 0 Å². The first kappa shape index (κ1) is 12.6. The molecule has 2 unspecified atom stereocenters. The molecule has 1 heterocycles. The molecule has 1 saturated heterocycles. The van der Waals surface area contributed by atoms with Crippen LogP contribution in [-0.2, 0) is 0 Å². The number of nitrogens with zero attached hydrogens (tertiary/aromatic N) is 2. The molecule has 92 valence electrons. The van der Waals surface area contributed by atoms with Crippen LogP contribution in [0.4, 0.5) is 0 Å². The van der Waals surface area contributed by atoms with E-state index in [1.165, 1.54) is 11.1 Å². The molecule has 17 heavy (non-hydrogen) atoms.